The van der Waals surface area contributed by atoms with E-state index in [9.17, 15) is 0 Å². The minimum absolute atomic E-state index is 0.677. The van der Waals surface area contributed by atoms with Crippen LogP contribution in [0.5, 0.6) is 0 Å². The molecule has 0 atom stereocenters. The lowest BCUT2D eigenvalue weighted by Crippen LogP contribution is -1.95. The molecule has 3 nitrogen and oxygen atoms in total. The second-order valence-corrected chi connectivity index (χ2v) is 3.73. The Kier molecular flexibility index (Phi) is 3.06. The Balaban J connectivity index is 2.44. The molecule has 0 bridgehead atoms. The van der Waals surface area contributed by atoms with Crippen molar-refractivity contribution >= 4 is 15.9 Å². The molecule has 2 aromatic heterocycles. The summed E-state index contributed by atoms with van der Waals surface area (Å²) in [5.74, 6) is 0.677. The number of aryl methyl sites for hydroxylation is 1. The SMILES string of the molecule is Cc1cccc(-c2nccc(CBr)n2)n1. The molecule has 0 spiro atoms. The highest BCUT2D eigenvalue weighted by atomic mass is 79.9. The average molecular weight is 264 g/mol. The zero-order valence-electron chi connectivity index (χ0n) is 8.31. The van der Waals surface area contributed by atoms with Crippen molar-refractivity contribution in [1.82, 2.24) is 15.0 Å². The predicted octanol–water partition coefficient (Wildman–Crippen LogP) is 2.74. The Bertz CT molecular complexity index is 471. The fourth-order valence-electron chi connectivity index (χ4n) is 1.26. The van der Waals surface area contributed by atoms with E-state index in [2.05, 4.69) is 30.9 Å². The zero-order chi connectivity index (χ0) is 10.7. The predicted molar refractivity (Wildman–Crippen MR) is 62.6 cm³/mol. The van der Waals surface area contributed by atoms with Crippen LogP contribution in [0, 0.1) is 6.92 Å². The Labute approximate surface area is 96.7 Å². The lowest BCUT2D eigenvalue weighted by Gasteiger charge is -2.01. The molecular weight excluding hydrogens is 254 g/mol. The Morgan fingerprint density at radius 1 is 1.20 bits per heavy atom. The van der Waals surface area contributed by atoms with Gasteiger partial charge in [0.05, 0.1) is 5.69 Å². The minimum Gasteiger partial charge on any atom is -0.250 e. The summed E-state index contributed by atoms with van der Waals surface area (Å²) in [6, 6.07) is 7.72. The summed E-state index contributed by atoms with van der Waals surface area (Å²) in [6.07, 6.45) is 1.75. The van der Waals surface area contributed by atoms with E-state index in [4.69, 9.17) is 0 Å². The largest absolute Gasteiger partial charge is 0.250 e. The summed E-state index contributed by atoms with van der Waals surface area (Å²) in [4.78, 5) is 13.0. The van der Waals surface area contributed by atoms with Crippen LogP contribution in [0.1, 0.15) is 11.4 Å². The molecule has 0 radical (unpaired) electrons. The number of halogens is 1. The Hall–Kier alpha value is -1.29. The van der Waals surface area contributed by atoms with Crippen molar-refractivity contribution in [1.29, 1.82) is 0 Å². The van der Waals surface area contributed by atoms with E-state index in [0.717, 1.165) is 22.4 Å². The van der Waals surface area contributed by atoms with Gasteiger partial charge < -0.3 is 0 Å². The van der Waals surface area contributed by atoms with Gasteiger partial charge in [0.15, 0.2) is 5.82 Å². The fourth-order valence-corrected chi connectivity index (χ4v) is 1.57. The summed E-state index contributed by atoms with van der Waals surface area (Å²) < 4.78 is 0. The van der Waals surface area contributed by atoms with Crippen LogP contribution >= 0.6 is 15.9 Å². The van der Waals surface area contributed by atoms with Crippen molar-refractivity contribution < 1.29 is 0 Å². The fraction of sp³-hybridized carbons (Fsp3) is 0.182. The lowest BCUT2D eigenvalue weighted by molar-refractivity contribution is 1.07. The first kappa shape index (κ1) is 10.2. The van der Waals surface area contributed by atoms with Gasteiger partial charge in [0.1, 0.15) is 5.69 Å². The molecule has 2 heterocycles. The molecule has 2 aromatic rings. The van der Waals surface area contributed by atoms with E-state index in [1.165, 1.54) is 0 Å². The van der Waals surface area contributed by atoms with Gasteiger partial charge in [-0.2, -0.15) is 0 Å². The van der Waals surface area contributed by atoms with Crippen LogP contribution in [-0.2, 0) is 5.33 Å². The van der Waals surface area contributed by atoms with Crippen LogP contribution in [0.15, 0.2) is 30.5 Å². The van der Waals surface area contributed by atoms with E-state index in [1.807, 2.05) is 31.2 Å². The third-order valence-corrected chi connectivity index (χ3v) is 2.54. The van der Waals surface area contributed by atoms with Gasteiger partial charge >= 0.3 is 0 Å². The maximum atomic E-state index is 4.38. The second kappa shape index (κ2) is 4.49. The van der Waals surface area contributed by atoms with E-state index in [1.54, 1.807) is 6.20 Å². The molecule has 0 saturated carbocycles. The number of aromatic nitrogens is 3. The van der Waals surface area contributed by atoms with Gasteiger partial charge in [-0.3, -0.25) is 0 Å². The van der Waals surface area contributed by atoms with Crippen LogP contribution in [-0.4, -0.2) is 15.0 Å². The number of hydrogen-bond acceptors (Lipinski definition) is 3. The second-order valence-electron chi connectivity index (χ2n) is 3.17. The van der Waals surface area contributed by atoms with Crippen LogP contribution in [0.4, 0.5) is 0 Å². The van der Waals surface area contributed by atoms with Crippen molar-refractivity contribution in [3.63, 3.8) is 0 Å². The molecule has 15 heavy (non-hydrogen) atoms. The molecule has 76 valence electrons. The third kappa shape index (κ3) is 2.39. The standard InChI is InChI=1S/C11H10BrN3/c1-8-3-2-4-10(14-8)11-13-6-5-9(7-12)15-11/h2-6H,7H2,1H3. The third-order valence-electron chi connectivity index (χ3n) is 1.97. The number of pyridine rings is 1. The van der Waals surface area contributed by atoms with Crippen molar-refractivity contribution in [2.45, 2.75) is 12.3 Å². The quantitative estimate of drug-likeness (QED) is 0.783. The highest BCUT2D eigenvalue weighted by molar-refractivity contribution is 9.08. The number of rotatable bonds is 2. The first-order chi connectivity index (χ1) is 7.29. The van der Waals surface area contributed by atoms with Gasteiger partial charge in [0, 0.05) is 17.2 Å². The van der Waals surface area contributed by atoms with E-state index in [0.29, 0.717) is 5.82 Å². The first-order valence-corrected chi connectivity index (χ1v) is 5.73. The van der Waals surface area contributed by atoms with Crippen molar-refractivity contribution in [3.05, 3.63) is 41.9 Å². The molecule has 0 amide bonds. The van der Waals surface area contributed by atoms with Crippen LogP contribution in [0.25, 0.3) is 11.5 Å². The first-order valence-electron chi connectivity index (χ1n) is 4.61. The van der Waals surface area contributed by atoms with Gasteiger partial charge in [0.25, 0.3) is 0 Å². The zero-order valence-corrected chi connectivity index (χ0v) is 9.90. The molecule has 0 aliphatic heterocycles. The van der Waals surface area contributed by atoms with Crippen molar-refractivity contribution in [2.24, 2.45) is 0 Å². The molecule has 0 fully saturated rings. The van der Waals surface area contributed by atoms with Gasteiger partial charge in [-0.15, -0.1) is 0 Å². The maximum absolute atomic E-state index is 4.38. The molecule has 0 saturated heterocycles. The molecule has 2 rings (SSSR count). The van der Waals surface area contributed by atoms with Crippen LogP contribution in [0.3, 0.4) is 0 Å². The Morgan fingerprint density at radius 2 is 2.07 bits per heavy atom. The maximum Gasteiger partial charge on any atom is 0.178 e. The topological polar surface area (TPSA) is 38.7 Å². The van der Waals surface area contributed by atoms with Crippen molar-refractivity contribution in [3.8, 4) is 11.5 Å². The number of alkyl halides is 1. The van der Waals surface area contributed by atoms with Crippen LogP contribution < -0.4 is 0 Å². The van der Waals surface area contributed by atoms with Gasteiger partial charge in [-0.1, -0.05) is 22.0 Å². The molecule has 0 aliphatic rings. The van der Waals surface area contributed by atoms with Gasteiger partial charge in [-0.25, -0.2) is 15.0 Å². The summed E-state index contributed by atoms with van der Waals surface area (Å²) in [5.41, 5.74) is 2.75. The lowest BCUT2D eigenvalue weighted by atomic mass is 10.3. The average Bonchev–Trinajstić information content (AvgIpc) is 2.29. The number of nitrogens with zero attached hydrogens (tertiary/aromatic N) is 3. The molecular formula is C11H10BrN3. The summed E-state index contributed by atoms with van der Waals surface area (Å²) in [5, 5.41) is 0.730. The van der Waals surface area contributed by atoms with E-state index < -0.39 is 0 Å². The molecule has 0 unspecified atom stereocenters. The smallest absolute Gasteiger partial charge is 0.178 e. The van der Waals surface area contributed by atoms with Crippen molar-refractivity contribution in [2.75, 3.05) is 0 Å². The van der Waals surface area contributed by atoms with Crippen LogP contribution in [0.2, 0.25) is 0 Å². The van der Waals surface area contributed by atoms with Gasteiger partial charge in [0.2, 0.25) is 0 Å². The molecule has 0 N–H and O–H groups in total. The molecule has 0 aliphatic carbocycles. The van der Waals surface area contributed by atoms with E-state index >= 15 is 0 Å². The molecule has 4 heteroatoms. The van der Waals surface area contributed by atoms with E-state index in [-0.39, 0.29) is 0 Å². The monoisotopic (exact) mass is 263 g/mol. The summed E-state index contributed by atoms with van der Waals surface area (Å²) >= 11 is 3.37. The molecule has 0 aromatic carbocycles. The normalized spacial score (nSPS) is 10.3. The minimum atomic E-state index is 0.677. The summed E-state index contributed by atoms with van der Waals surface area (Å²) in [6.45, 7) is 1.96. The highest BCUT2D eigenvalue weighted by Crippen LogP contribution is 2.13. The highest BCUT2D eigenvalue weighted by Gasteiger charge is 2.03. The summed E-state index contributed by atoms with van der Waals surface area (Å²) in [7, 11) is 0. The van der Waals surface area contributed by atoms with Gasteiger partial charge in [-0.05, 0) is 25.1 Å². The Morgan fingerprint density at radius 3 is 2.80 bits per heavy atom. The number of hydrogen-bond donors (Lipinski definition) is 0.